The number of carboxylic acids is 1. The van der Waals surface area contributed by atoms with Crippen LogP contribution in [0.5, 0.6) is 0 Å². The molecular weight excluding hydrogens is 288 g/mol. The Morgan fingerprint density at radius 3 is 2.68 bits per heavy atom. The van der Waals surface area contributed by atoms with Crippen molar-refractivity contribution in [2.75, 3.05) is 6.54 Å². The number of hydrogen-bond acceptors (Lipinski definition) is 5. The normalized spacial score (nSPS) is 22.1. The van der Waals surface area contributed by atoms with Gasteiger partial charge < -0.3 is 19.3 Å². The molecule has 1 aromatic rings. The van der Waals surface area contributed by atoms with Crippen molar-refractivity contribution in [3.05, 3.63) is 17.5 Å². The van der Waals surface area contributed by atoms with Crippen molar-refractivity contribution >= 4 is 11.9 Å². The number of carboxylic acid groups (broad SMARTS) is 1. The molecule has 2 heterocycles. The predicted molar refractivity (Wildman–Crippen MR) is 77.3 cm³/mol. The minimum absolute atomic E-state index is 0.00680. The summed E-state index contributed by atoms with van der Waals surface area (Å²) in [5.74, 6) is -0.863. The Balaban J connectivity index is 2.06. The van der Waals surface area contributed by atoms with E-state index < -0.39 is 12.0 Å². The number of carbonyl (C=O) groups is 2. The fourth-order valence-electron chi connectivity index (χ4n) is 2.64. The quantitative estimate of drug-likeness (QED) is 0.903. The average Bonchev–Trinajstić information content (AvgIpc) is 2.94. The van der Waals surface area contributed by atoms with Crippen LogP contribution in [0.3, 0.4) is 0 Å². The first-order valence-corrected chi connectivity index (χ1v) is 7.28. The van der Waals surface area contributed by atoms with E-state index in [1.807, 2.05) is 20.8 Å². The Morgan fingerprint density at radius 1 is 1.50 bits per heavy atom. The van der Waals surface area contributed by atoms with E-state index in [0.29, 0.717) is 17.9 Å². The van der Waals surface area contributed by atoms with Crippen LogP contribution in [-0.4, -0.2) is 51.3 Å². The maximum Gasteiger partial charge on any atom is 0.326 e. The number of aromatic nitrogens is 1. The standard InChI is InChI=1S/C15H22N2O5/c1-9-5-10(22-16-9)7-13(18)17-8-11(21-15(2,3)4)6-12(17)14(19)20/h5,11-12H,6-8H2,1-4H3,(H,19,20). The Hall–Kier alpha value is -1.89. The summed E-state index contributed by atoms with van der Waals surface area (Å²) >= 11 is 0. The van der Waals surface area contributed by atoms with Crippen molar-refractivity contribution in [1.82, 2.24) is 10.1 Å². The van der Waals surface area contributed by atoms with Crippen LogP contribution < -0.4 is 0 Å². The van der Waals surface area contributed by atoms with E-state index in [2.05, 4.69) is 5.16 Å². The summed E-state index contributed by atoms with van der Waals surface area (Å²) in [6, 6.07) is 0.816. The predicted octanol–water partition coefficient (Wildman–Crippen LogP) is 1.39. The third-order valence-corrected chi connectivity index (χ3v) is 3.39. The molecule has 0 aliphatic carbocycles. The number of aryl methyl sites for hydroxylation is 1. The summed E-state index contributed by atoms with van der Waals surface area (Å²) in [6.45, 7) is 7.76. The summed E-state index contributed by atoms with van der Waals surface area (Å²) in [5.41, 5.74) is 0.308. The molecule has 1 saturated heterocycles. The number of rotatable bonds is 4. The van der Waals surface area contributed by atoms with Gasteiger partial charge in [-0.25, -0.2) is 4.79 Å². The van der Waals surface area contributed by atoms with Crippen LogP contribution in [0.1, 0.15) is 38.6 Å². The third kappa shape index (κ3) is 4.07. The minimum atomic E-state index is -1.01. The average molecular weight is 310 g/mol. The Morgan fingerprint density at radius 2 is 2.18 bits per heavy atom. The van der Waals surface area contributed by atoms with Crippen molar-refractivity contribution in [2.45, 2.75) is 58.3 Å². The molecule has 1 aliphatic rings. The van der Waals surface area contributed by atoms with Gasteiger partial charge in [0.25, 0.3) is 0 Å². The minimum Gasteiger partial charge on any atom is -0.480 e. The lowest BCUT2D eigenvalue weighted by Gasteiger charge is -2.25. The van der Waals surface area contributed by atoms with E-state index in [4.69, 9.17) is 9.26 Å². The molecule has 122 valence electrons. The Labute approximate surface area is 129 Å². The summed E-state index contributed by atoms with van der Waals surface area (Å²) in [7, 11) is 0. The number of carbonyl (C=O) groups excluding carboxylic acids is 1. The lowest BCUT2D eigenvalue weighted by molar-refractivity contribution is -0.148. The van der Waals surface area contributed by atoms with Crippen LogP contribution in [0.4, 0.5) is 0 Å². The molecule has 1 N–H and O–H groups in total. The zero-order valence-corrected chi connectivity index (χ0v) is 13.3. The van der Waals surface area contributed by atoms with Gasteiger partial charge in [-0.1, -0.05) is 5.16 Å². The van der Waals surface area contributed by atoms with Crippen LogP contribution in [0, 0.1) is 6.92 Å². The number of likely N-dealkylation sites (tertiary alicyclic amines) is 1. The fraction of sp³-hybridized carbons (Fsp3) is 0.667. The van der Waals surface area contributed by atoms with Crippen LogP contribution in [0.2, 0.25) is 0 Å². The van der Waals surface area contributed by atoms with E-state index in [9.17, 15) is 14.7 Å². The molecule has 2 rings (SSSR count). The van der Waals surface area contributed by atoms with Gasteiger partial charge >= 0.3 is 5.97 Å². The highest BCUT2D eigenvalue weighted by Crippen LogP contribution is 2.25. The largest absolute Gasteiger partial charge is 0.480 e. The molecule has 1 aliphatic heterocycles. The Bertz CT molecular complexity index is 561. The number of hydrogen-bond donors (Lipinski definition) is 1. The molecule has 0 bridgehead atoms. The first kappa shape index (κ1) is 16.5. The second-order valence-corrected chi connectivity index (χ2v) is 6.60. The van der Waals surface area contributed by atoms with Crippen LogP contribution in [0.15, 0.2) is 10.6 Å². The van der Waals surface area contributed by atoms with Crippen molar-refractivity contribution in [1.29, 1.82) is 0 Å². The van der Waals surface area contributed by atoms with Gasteiger partial charge in [0.1, 0.15) is 11.8 Å². The summed E-state index contributed by atoms with van der Waals surface area (Å²) in [4.78, 5) is 25.1. The van der Waals surface area contributed by atoms with E-state index in [1.165, 1.54) is 4.90 Å². The topological polar surface area (TPSA) is 92.9 Å². The van der Waals surface area contributed by atoms with Crippen molar-refractivity contribution in [3.8, 4) is 0 Å². The Kier molecular flexibility index (Phi) is 4.55. The summed E-state index contributed by atoms with van der Waals surface area (Å²) < 4.78 is 10.8. The second kappa shape index (κ2) is 6.08. The molecule has 0 aromatic carbocycles. The molecule has 7 nitrogen and oxygen atoms in total. The van der Waals surface area contributed by atoms with Crippen LogP contribution in [0.25, 0.3) is 0 Å². The third-order valence-electron chi connectivity index (χ3n) is 3.39. The lowest BCUT2D eigenvalue weighted by atomic mass is 10.1. The highest BCUT2D eigenvalue weighted by Gasteiger charge is 2.41. The van der Waals surface area contributed by atoms with E-state index >= 15 is 0 Å². The smallest absolute Gasteiger partial charge is 0.326 e. The van der Waals surface area contributed by atoms with E-state index in [-0.39, 0.29) is 30.6 Å². The second-order valence-electron chi connectivity index (χ2n) is 6.60. The first-order valence-electron chi connectivity index (χ1n) is 7.28. The molecule has 22 heavy (non-hydrogen) atoms. The van der Waals surface area contributed by atoms with Gasteiger partial charge in [-0.2, -0.15) is 0 Å². The number of amides is 1. The molecule has 0 spiro atoms. The molecule has 0 radical (unpaired) electrons. The van der Waals surface area contributed by atoms with Crippen molar-refractivity contribution in [3.63, 3.8) is 0 Å². The van der Waals surface area contributed by atoms with E-state index in [1.54, 1.807) is 13.0 Å². The van der Waals surface area contributed by atoms with Gasteiger partial charge in [0.15, 0.2) is 0 Å². The van der Waals surface area contributed by atoms with Crippen molar-refractivity contribution in [2.24, 2.45) is 0 Å². The van der Waals surface area contributed by atoms with Gasteiger partial charge in [-0.15, -0.1) is 0 Å². The summed E-state index contributed by atoms with van der Waals surface area (Å²) in [6.07, 6.45) is 0.0298. The molecule has 1 fully saturated rings. The van der Waals surface area contributed by atoms with Gasteiger partial charge in [0.2, 0.25) is 5.91 Å². The molecule has 0 saturated carbocycles. The SMILES string of the molecule is Cc1cc(CC(=O)N2CC(OC(C)(C)C)CC2C(=O)O)on1. The van der Waals surface area contributed by atoms with Gasteiger partial charge in [-0.3, -0.25) is 4.79 Å². The maximum absolute atomic E-state index is 12.4. The molecule has 7 heteroatoms. The molecule has 1 amide bonds. The summed E-state index contributed by atoms with van der Waals surface area (Å²) in [5, 5.41) is 13.1. The van der Waals surface area contributed by atoms with Gasteiger partial charge in [0, 0.05) is 19.0 Å². The van der Waals surface area contributed by atoms with Gasteiger partial charge in [-0.05, 0) is 27.7 Å². The monoisotopic (exact) mass is 310 g/mol. The van der Waals surface area contributed by atoms with Crippen LogP contribution in [-0.2, 0) is 20.7 Å². The number of ether oxygens (including phenoxy) is 1. The maximum atomic E-state index is 12.4. The molecular formula is C15H22N2O5. The zero-order chi connectivity index (χ0) is 16.5. The van der Waals surface area contributed by atoms with Crippen molar-refractivity contribution < 1.29 is 24.0 Å². The van der Waals surface area contributed by atoms with E-state index in [0.717, 1.165) is 0 Å². The number of aliphatic carboxylic acids is 1. The lowest BCUT2D eigenvalue weighted by Crippen LogP contribution is -2.41. The van der Waals surface area contributed by atoms with Gasteiger partial charge in [0.05, 0.1) is 23.8 Å². The zero-order valence-electron chi connectivity index (χ0n) is 13.3. The highest BCUT2D eigenvalue weighted by atomic mass is 16.5. The molecule has 2 unspecified atom stereocenters. The molecule has 2 atom stereocenters. The number of nitrogens with zero attached hydrogens (tertiary/aromatic N) is 2. The van der Waals surface area contributed by atoms with Crippen LogP contribution >= 0.6 is 0 Å². The molecule has 1 aromatic heterocycles. The first-order chi connectivity index (χ1) is 10.2. The highest BCUT2D eigenvalue weighted by molar-refractivity contribution is 5.85. The fourth-order valence-corrected chi connectivity index (χ4v) is 2.64.